The van der Waals surface area contributed by atoms with Gasteiger partial charge in [-0.1, -0.05) is 0 Å². The van der Waals surface area contributed by atoms with Crippen LogP contribution in [0.1, 0.15) is 19.2 Å². The fraction of sp³-hybridized carbons (Fsp3) is 0.765. The predicted molar refractivity (Wildman–Crippen MR) is 107 cm³/mol. The van der Waals surface area contributed by atoms with Gasteiger partial charge in [0.2, 0.25) is 22.8 Å². The third-order valence-corrected chi connectivity index (χ3v) is 7.51. The summed E-state index contributed by atoms with van der Waals surface area (Å²) in [6.07, 6.45) is -4.08. The van der Waals surface area contributed by atoms with Gasteiger partial charge in [-0.25, -0.2) is 0 Å². The van der Waals surface area contributed by atoms with Crippen LogP contribution in [0.3, 0.4) is 0 Å². The smallest absolute Gasteiger partial charge is 0.343 e. The van der Waals surface area contributed by atoms with E-state index in [1.807, 2.05) is 11.8 Å². The molecule has 0 spiro atoms. The lowest BCUT2D eigenvalue weighted by atomic mass is 9.97. The summed E-state index contributed by atoms with van der Waals surface area (Å²) in [4.78, 5) is 34.6. The Kier molecular flexibility index (Phi) is 6.13. The summed E-state index contributed by atoms with van der Waals surface area (Å²) in [7, 11) is 0. The molecule has 0 saturated carbocycles. The summed E-state index contributed by atoms with van der Waals surface area (Å²) < 4.78 is 41.5. The molecule has 3 fully saturated rings. The first-order chi connectivity index (χ1) is 14.2. The average molecular weight is 465 g/mol. The molecule has 4 rings (SSSR count). The van der Waals surface area contributed by atoms with Crippen LogP contribution in [0.4, 0.5) is 18.3 Å². The number of amides is 2. The number of hydrogen-bond acceptors (Lipinski definition) is 8. The highest BCUT2D eigenvalue weighted by molar-refractivity contribution is 7.99. The molecule has 2 amide bonds. The van der Waals surface area contributed by atoms with E-state index in [1.165, 1.54) is 0 Å². The molecule has 3 aliphatic rings. The van der Waals surface area contributed by atoms with Crippen LogP contribution in [0.5, 0.6) is 0 Å². The van der Waals surface area contributed by atoms with Gasteiger partial charge in [0.25, 0.3) is 0 Å². The molecule has 8 nitrogen and oxygen atoms in total. The van der Waals surface area contributed by atoms with Gasteiger partial charge in [-0.3, -0.25) is 9.59 Å². The van der Waals surface area contributed by atoms with Gasteiger partial charge in [0.15, 0.2) is 0 Å². The van der Waals surface area contributed by atoms with E-state index in [1.54, 1.807) is 21.6 Å². The quantitative estimate of drug-likeness (QED) is 0.718. The number of alkyl halides is 3. The van der Waals surface area contributed by atoms with Gasteiger partial charge in [-0.2, -0.15) is 22.5 Å². The maximum Gasteiger partial charge on any atom is 0.452 e. The molecular weight excluding hydrogens is 441 g/mol. The number of anilines is 1. The molecule has 0 aromatic carbocycles. The van der Waals surface area contributed by atoms with Crippen LogP contribution in [-0.2, 0) is 15.8 Å². The van der Waals surface area contributed by atoms with Crippen molar-refractivity contribution < 1.29 is 22.8 Å². The third-order valence-electron chi connectivity index (χ3n) is 5.77. The second-order valence-corrected chi connectivity index (χ2v) is 9.50. The Hall–Kier alpha value is -1.60. The molecule has 30 heavy (non-hydrogen) atoms. The highest BCUT2D eigenvalue weighted by atomic mass is 32.2. The van der Waals surface area contributed by atoms with Gasteiger partial charge in [0.1, 0.15) is 0 Å². The highest BCUT2D eigenvalue weighted by Crippen LogP contribution is 2.31. The lowest BCUT2D eigenvalue weighted by Crippen LogP contribution is -2.51. The van der Waals surface area contributed by atoms with Crippen molar-refractivity contribution in [1.29, 1.82) is 0 Å². The first kappa shape index (κ1) is 21.6. The summed E-state index contributed by atoms with van der Waals surface area (Å²) in [5.74, 6) is 0.295. The van der Waals surface area contributed by atoms with E-state index in [9.17, 15) is 22.8 Å². The van der Waals surface area contributed by atoms with Crippen molar-refractivity contribution in [3.63, 3.8) is 0 Å². The van der Waals surface area contributed by atoms with Crippen LogP contribution in [0, 0.1) is 5.92 Å². The number of hydrogen-bond donors (Lipinski definition) is 1. The fourth-order valence-electron chi connectivity index (χ4n) is 4.07. The number of nitrogens with zero attached hydrogens (tertiary/aromatic N) is 5. The van der Waals surface area contributed by atoms with Crippen molar-refractivity contribution >= 4 is 40.2 Å². The SMILES string of the molecule is C[C@@H]1N[C@H](C(=O)N2CCSC2)C[C@@H]1C(=O)N1CCN(c2nc(C(F)(F)F)ns2)CC1. The summed E-state index contributed by atoms with van der Waals surface area (Å²) in [5.41, 5.74) is 0. The van der Waals surface area contributed by atoms with Crippen LogP contribution in [-0.4, -0.2) is 87.4 Å². The monoisotopic (exact) mass is 464 g/mol. The van der Waals surface area contributed by atoms with Crippen molar-refractivity contribution in [2.75, 3.05) is 49.3 Å². The van der Waals surface area contributed by atoms with Crippen molar-refractivity contribution in [3.8, 4) is 0 Å². The number of piperazine rings is 1. The Bertz CT molecular complexity index is 793. The van der Waals surface area contributed by atoms with Crippen LogP contribution < -0.4 is 10.2 Å². The van der Waals surface area contributed by atoms with E-state index >= 15 is 0 Å². The van der Waals surface area contributed by atoms with E-state index in [-0.39, 0.29) is 34.9 Å². The molecule has 0 aliphatic carbocycles. The number of aromatic nitrogens is 2. The van der Waals surface area contributed by atoms with Gasteiger partial charge >= 0.3 is 6.18 Å². The second-order valence-electron chi connectivity index (χ2n) is 7.70. The average Bonchev–Trinajstić information content (AvgIpc) is 3.47. The number of carbonyl (C=O) groups excluding carboxylic acids is 2. The van der Waals surface area contributed by atoms with Crippen molar-refractivity contribution in [2.24, 2.45) is 5.92 Å². The zero-order valence-electron chi connectivity index (χ0n) is 16.4. The van der Waals surface area contributed by atoms with Gasteiger partial charge in [-0.05, 0) is 13.3 Å². The Morgan fingerprint density at radius 2 is 1.83 bits per heavy atom. The van der Waals surface area contributed by atoms with Crippen molar-refractivity contribution in [3.05, 3.63) is 5.82 Å². The predicted octanol–water partition coefficient (Wildman–Crippen LogP) is 1.10. The zero-order valence-corrected chi connectivity index (χ0v) is 18.0. The van der Waals surface area contributed by atoms with Crippen LogP contribution in [0.2, 0.25) is 0 Å². The van der Waals surface area contributed by atoms with Crippen molar-refractivity contribution in [1.82, 2.24) is 24.5 Å². The Morgan fingerprint density at radius 3 is 2.43 bits per heavy atom. The molecule has 4 heterocycles. The summed E-state index contributed by atoms with van der Waals surface area (Å²) in [6, 6.07) is -0.437. The molecule has 3 atom stereocenters. The number of carbonyl (C=O) groups is 2. The minimum absolute atomic E-state index is 0.00556. The lowest BCUT2D eigenvalue weighted by molar-refractivity contribution is -0.144. The minimum atomic E-state index is -4.56. The van der Waals surface area contributed by atoms with Crippen molar-refractivity contribution in [2.45, 2.75) is 31.6 Å². The maximum absolute atomic E-state index is 13.0. The summed E-state index contributed by atoms with van der Waals surface area (Å²) in [6.45, 7) is 4.29. The Balaban J connectivity index is 1.32. The molecular formula is C17H23F3N6O2S2. The highest BCUT2D eigenvalue weighted by Gasteiger charge is 2.43. The van der Waals surface area contributed by atoms with E-state index in [0.29, 0.717) is 38.5 Å². The summed E-state index contributed by atoms with van der Waals surface area (Å²) in [5, 5.41) is 3.49. The topological polar surface area (TPSA) is 81.7 Å². The standard InChI is InChI=1S/C17H23F3N6O2S2/c1-10-11(8-12(21-10)14(28)26-6-7-29-9-26)13(27)24-2-4-25(5-3-24)16-22-15(23-30-16)17(18,19)20/h10-12,21H,2-9H2,1H3/t10-,11-,12-/m0/s1. The van der Waals surface area contributed by atoms with Crippen LogP contribution in [0.25, 0.3) is 0 Å². The molecule has 13 heteroatoms. The number of thioether (sulfide) groups is 1. The largest absolute Gasteiger partial charge is 0.452 e. The van der Waals surface area contributed by atoms with E-state index in [2.05, 4.69) is 14.7 Å². The zero-order chi connectivity index (χ0) is 21.5. The number of nitrogens with one attached hydrogen (secondary N) is 1. The first-order valence-corrected chi connectivity index (χ1v) is 11.7. The van der Waals surface area contributed by atoms with E-state index in [4.69, 9.17) is 0 Å². The minimum Gasteiger partial charge on any atom is -0.343 e. The molecule has 0 bridgehead atoms. The van der Waals surface area contributed by atoms with Gasteiger partial charge in [-0.15, -0.1) is 11.8 Å². The lowest BCUT2D eigenvalue weighted by Gasteiger charge is -2.36. The van der Waals surface area contributed by atoms with Crippen LogP contribution >= 0.6 is 23.3 Å². The normalized spacial score (nSPS) is 27.7. The van der Waals surface area contributed by atoms with E-state index in [0.717, 1.165) is 23.8 Å². The fourth-order valence-corrected chi connectivity index (χ4v) is 5.76. The molecule has 166 valence electrons. The molecule has 1 N–H and O–H groups in total. The van der Waals surface area contributed by atoms with E-state index < -0.39 is 12.0 Å². The van der Waals surface area contributed by atoms with Gasteiger partial charge < -0.3 is 20.0 Å². The Labute approximate surface area is 180 Å². The van der Waals surface area contributed by atoms with Gasteiger partial charge in [0, 0.05) is 56.1 Å². The third kappa shape index (κ3) is 4.37. The summed E-state index contributed by atoms with van der Waals surface area (Å²) >= 11 is 2.45. The number of halogens is 3. The first-order valence-electron chi connectivity index (χ1n) is 9.81. The van der Waals surface area contributed by atoms with Crippen LogP contribution in [0.15, 0.2) is 0 Å². The molecule has 0 unspecified atom stereocenters. The molecule has 3 saturated heterocycles. The molecule has 1 aromatic heterocycles. The molecule has 3 aliphatic heterocycles. The maximum atomic E-state index is 13.0. The second kappa shape index (κ2) is 8.50. The molecule has 0 radical (unpaired) electrons. The molecule has 1 aromatic rings. The number of rotatable bonds is 3. The van der Waals surface area contributed by atoms with Gasteiger partial charge in [0.05, 0.1) is 17.8 Å². The Morgan fingerprint density at radius 1 is 1.10 bits per heavy atom.